The molecule has 1 unspecified atom stereocenters. The quantitative estimate of drug-likeness (QED) is 0.759. The van der Waals surface area contributed by atoms with Crippen molar-refractivity contribution in [3.8, 4) is 0 Å². The summed E-state index contributed by atoms with van der Waals surface area (Å²) < 4.78 is 0.395. The maximum Gasteiger partial charge on any atom is 0.0310 e. The molecule has 0 aromatic carbocycles. The minimum atomic E-state index is 0.347. The topological polar surface area (TPSA) is 26.0 Å². The molecule has 1 aliphatic rings. The molecule has 0 aromatic rings. The first-order chi connectivity index (χ1) is 6.07. The van der Waals surface area contributed by atoms with Crippen molar-refractivity contribution in [2.24, 2.45) is 5.73 Å². The van der Waals surface area contributed by atoms with E-state index in [0.29, 0.717) is 16.0 Å². The van der Waals surface area contributed by atoms with E-state index in [4.69, 9.17) is 5.73 Å². The Morgan fingerprint density at radius 2 is 1.62 bits per heavy atom. The van der Waals surface area contributed by atoms with Crippen LogP contribution in [0.25, 0.3) is 0 Å². The third kappa shape index (κ3) is 2.88. The zero-order chi connectivity index (χ0) is 9.90. The van der Waals surface area contributed by atoms with Gasteiger partial charge in [-0.15, -0.1) is 0 Å². The van der Waals surface area contributed by atoms with Crippen LogP contribution in [-0.4, -0.2) is 16.0 Å². The Labute approximate surface area is 86.8 Å². The van der Waals surface area contributed by atoms with Gasteiger partial charge >= 0.3 is 0 Å². The Morgan fingerprint density at radius 1 is 1.08 bits per heavy atom. The van der Waals surface area contributed by atoms with E-state index in [1.807, 2.05) is 0 Å². The number of thioether (sulfide) groups is 1. The first-order valence-corrected chi connectivity index (χ1v) is 6.38. The summed E-state index contributed by atoms with van der Waals surface area (Å²) in [6, 6.07) is 0.347. The molecule has 1 atom stereocenters. The first-order valence-electron chi connectivity index (χ1n) is 5.50. The molecule has 1 saturated carbocycles. The summed E-state index contributed by atoms with van der Waals surface area (Å²) in [7, 11) is 0. The second kappa shape index (κ2) is 4.70. The molecule has 0 spiro atoms. The molecule has 78 valence electrons. The maximum absolute atomic E-state index is 6.13. The minimum absolute atomic E-state index is 0.347. The number of hydrogen-bond donors (Lipinski definition) is 1. The highest BCUT2D eigenvalue weighted by atomic mass is 32.2. The molecule has 0 heterocycles. The molecular weight excluding hydrogens is 178 g/mol. The van der Waals surface area contributed by atoms with Crippen molar-refractivity contribution < 1.29 is 0 Å². The summed E-state index contributed by atoms with van der Waals surface area (Å²) in [6.07, 6.45) is 6.82. The van der Waals surface area contributed by atoms with E-state index in [9.17, 15) is 0 Å². The molecule has 1 rings (SSSR count). The summed E-state index contributed by atoms with van der Waals surface area (Å²) in [5.41, 5.74) is 6.13. The van der Waals surface area contributed by atoms with E-state index in [-0.39, 0.29) is 0 Å². The molecule has 13 heavy (non-hydrogen) atoms. The van der Waals surface area contributed by atoms with Crippen LogP contribution in [0.15, 0.2) is 0 Å². The summed E-state index contributed by atoms with van der Waals surface area (Å²) in [4.78, 5) is 0. The molecule has 0 aliphatic heterocycles. The van der Waals surface area contributed by atoms with Crippen LogP contribution in [0.4, 0.5) is 0 Å². The molecule has 1 fully saturated rings. The fraction of sp³-hybridized carbons (Fsp3) is 1.00. The monoisotopic (exact) mass is 201 g/mol. The Balaban J connectivity index is 2.61. The van der Waals surface area contributed by atoms with Gasteiger partial charge in [-0.25, -0.2) is 0 Å². The van der Waals surface area contributed by atoms with Gasteiger partial charge < -0.3 is 5.73 Å². The van der Waals surface area contributed by atoms with Gasteiger partial charge in [0.2, 0.25) is 0 Å². The summed E-state index contributed by atoms with van der Waals surface area (Å²) >= 11 is 2.11. The van der Waals surface area contributed by atoms with Crippen molar-refractivity contribution >= 4 is 11.8 Å². The van der Waals surface area contributed by atoms with Gasteiger partial charge in [-0.3, -0.25) is 0 Å². The lowest BCUT2D eigenvalue weighted by atomic mass is 9.84. The molecule has 1 aliphatic carbocycles. The van der Waals surface area contributed by atoms with Crippen molar-refractivity contribution in [1.29, 1.82) is 0 Å². The smallest absolute Gasteiger partial charge is 0.0310 e. The van der Waals surface area contributed by atoms with Crippen molar-refractivity contribution in [2.45, 2.75) is 68.9 Å². The van der Waals surface area contributed by atoms with Gasteiger partial charge in [-0.05, 0) is 25.0 Å². The maximum atomic E-state index is 6.13. The normalized spacial score (nSPS) is 24.7. The number of hydrogen-bond acceptors (Lipinski definition) is 2. The zero-order valence-corrected chi connectivity index (χ0v) is 9.99. The van der Waals surface area contributed by atoms with Crippen molar-refractivity contribution in [1.82, 2.24) is 0 Å². The lowest BCUT2D eigenvalue weighted by Gasteiger charge is -2.41. The molecule has 0 radical (unpaired) electrons. The second-order valence-electron chi connectivity index (χ2n) is 4.58. The Morgan fingerprint density at radius 3 is 2.00 bits per heavy atom. The van der Waals surface area contributed by atoms with Crippen LogP contribution in [0, 0.1) is 0 Å². The predicted octanol–water partition coefficient (Wildman–Crippen LogP) is 3.18. The summed E-state index contributed by atoms with van der Waals surface area (Å²) in [6.45, 7) is 6.74. The Hall–Kier alpha value is 0.310. The van der Waals surface area contributed by atoms with Crippen molar-refractivity contribution in [2.75, 3.05) is 0 Å². The van der Waals surface area contributed by atoms with Crippen molar-refractivity contribution in [3.63, 3.8) is 0 Å². The highest BCUT2D eigenvalue weighted by molar-refractivity contribution is 8.01. The van der Waals surface area contributed by atoms with Gasteiger partial charge in [0.05, 0.1) is 0 Å². The van der Waals surface area contributed by atoms with Crippen LogP contribution in [-0.2, 0) is 0 Å². The zero-order valence-electron chi connectivity index (χ0n) is 9.18. The number of rotatable bonds is 3. The predicted molar refractivity (Wildman–Crippen MR) is 62.2 cm³/mol. The van der Waals surface area contributed by atoms with Crippen LogP contribution in [0.1, 0.15) is 52.9 Å². The van der Waals surface area contributed by atoms with E-state index in [2.05, 4.69) is 32.5 Å². The average molecular weight is 201 g/mol. The first kappa shape index (κ1) is 11.4. The fourth-order valence-corrected chi connectivity index (χ4v) is 3.98. The standard InChI is InChI=1S/C11H23NS/c1-9(2)13-11(10(3)12)7-5-4-6-8-11/h9-10H,4-8,12H2,1-3H3. The minimum Gasteiger partial charge on any atom is -0.327 e. The second-order valence-corrected chi connectivity index (χ2v) is 6.57. The van der Waals surface area contributed by atoms with Gasteiger partial charge in [0, 0.05) is 10.8 Å². The van der Waals surface area contributed by atoms with E-state index in [1.54, 1.807) is 0 Å². The van der Waals surface area contributed by atoms with Gasteiger partial charge in [0.25, 0.3) is 0 Å². The van der Waals surface area contributed by atoms with Crippen molar-refractivity contribution in [3.05, 3.63) is 0 Å². The molecule has 0 bridgehead atoms. The largest absolute Gasteiger partial charge is 0.327 e. The molecule has 2 heteroatoms. The van der Waals surface area contributed by atoms with E-state index < -0.39 is 0 Å². The highest BCUT2D eigenvalue weighted by Crippen LogP contribution is 2.43. The SMILES string of the molecule is CC(C)SC1(C(C)N)CCCCC1. The third-order valence-electron chi connectivity index (χ3n) is 3.00. The molecule has 1 nitrogen and oxygen atoms in total. The number of nitrogens with two attached hydrogens (primary N) is 1. The highest BCUT2D eigenvalue weighted by Gasteiger charge is 2.36. The molecule has 0 aromatic heterocycles. The lowest BCUT2D eigenvalue weighted by molar-refractivity contribution is 0.355. The molecular formula is C11H23NS. The fourth-order valence-electron chi connectivity index (χ4n) is 2.30. The van der Waals surface area contributed by atoms with E-state index in [1.165, 1.54) is 32.1 Å². The molecule has 2 N–H and O–H groups in total. The van der Waals surface area contributed by atoms with Crippen LogP contribution in [0.3, 0.4) is 0 Å². The Bertz CT molecular complexity index is 148. The van der Waals surface area contributed by atoms with Gasteiger partial charge in [0.1, 0.15) is 0 Å². The summed E-state index contributed by atoms with van der Waals surface area (Å²) in [5.74, 6) is 0. The van der Waals surface area contributed by atoms with Crippen LogP contribution < -0.4 is 5.73 Å². The van der Waals surface area contributed by atoms with Gasteiger partial charge in [-0.2, -0.15) is 11.8 Å². The third-order valence-corrected chi connectivity index (χ3v) is 4.72. The molecule has 0 amide bonds. The van der Waals surface area contributed by atoms with Crippen LogP contribution in [0.5, 0.6) is 0 Å². The lowest BCUT2D eigenvalue weighted by Crippen LogP contribution is -2.45. The Kier molecular flexibility index (Phi) is 4.11. The average Bonchev–Trinajstić information content (AvgIpc) is 2.04. The van der Waals surface area contributed by atoms with E-state index in [0.717, 1.165) is 0 Å². The van der Waals surface area contributed by atoms with E-state index >= 15 is 0 Å². The van der Waals surface area contributed by atoms with Crippen LogP contribution in [0.2, 0.25) is 0 Å². The summed E-state index contributed by atoms with van der Waals surface area (Å²) in [5, 5.41) is 0.712. The molecule has 0 saturated heterocycles. The van der Waals surface area contributed by atoms with Crippen LogP contribution >= 0.6 is 11.8 Å². The van der Waals surface area contributed by atoms with Gasteiger partial charge in [-0.1, -0.05) is 33.1 Å². The van der Waals surface area contributed by atoms with Gasteiger partial charge in [0.15, 0.2) is 0 Å².